The third-order valence-corrected chi connectivity index (χ3v) is 5.99. The monoisotopic (exact) mass is 472 g/mol. The van der Waals surface area contributed by atoms with Crippen LogP contribution in [0.15, 0.2) is 42.4 Å². The van der Waals surface area contributed by atoms with E-state index >= 15 is 0 Å². The summed E-state index contributed by atoms with van der Waals surface area (Å²) in [5.74, 6) is 0.141. The zero-order chi connectivity index (χ0) is 25.0. The zero-order valence-corrected chi connectivity index (χ0v) is 22.5. The molecule has 3 rings (SSSR count). The van der Waals surface area contributed by atoms with Crippen LogP contribution < -0.4 is 11.1 Å². The smallest absolute Gasteiger partial charge is 0.237 e. The van der Waals surface area contributed by atoms with Crippen molar-refractivity contribution in [2.24, 2.45) is 11.1 Å². The third kappa shape index (κ3) is 11.6. The zero-order valence-electron chi connectivity index (χ0n) is 21.6. The first-order chi connectivity index (χ1) is 15.4. The molecule has 0 spiro atoms. The highest BCUT2D eigenvalue weighted by atomic mass is 32.1. The van der Waals surface area contributed by atoms with Gasteiger partial charge in [-0.05, 0) is 62.4 Å². The van der Waals surface area contributed by atoms with Gasteiger partial charge < -0.3 is 11.1 Å². The summed E-state index contributed by atoms with van der Waals surface area (Å²) in [5.41, 5.74) is 10.8. The van der Waals surface area contributed by atoms with E-state index in [9.17, 15) is 4.79 Å². The quantitative estimate of drug-likeness (QED) is 0.540. The Hall–Kier alpha value is -2.02. The van der Waals surface area contributed by atoms with Gasteiger partial charge >= 0.3 is 0 Å². The second-order valence-electron chi connectivity index (χ2n) is 10.1. The molecule has 5 nitrogen and oxygen atoms in total. The summed E-state index contributed by atoms with van der Waals surface area (Å²) < 4.78 is 0. The molecule has 1 aliphatic heterocycles. The lowest BCUT2D eigenvalue weighted by atomic mass is 9.93. The maximum absolute atomic E-state index is 12.2. The van der Waals surface area contributed by atoms with Crippen LogP contribution in [0.5, 0.6) is 0 Å². The molecule has 1 fully saturated rings. The van der Waals surface area contributed by atoms with Crippen molar-refractivity contribution in [3.8, 4) is 10.4 Å². The Morgan fingerprint density at radius 2 is 1.94 bits per heavy atom. The van der Waals surface area contributed by atoms with Gasteiger partial charge in [0.05, 0.1) is 22.1 Å². The van der Waals surface area contributed by atoms with Gasteiger partial charge in [0.1, 0.15) is 0 Å². The van der Waals surface area contributed by atoms with Gasteiger partial charge in [0.2, 0.25) is 5.91 Å². The van der Waals surface area contributed by atoms with E-state index < -0.39 is 0 Å². The number of amides is 1. The van der Waals surface area contributed by atoms with Crippen molar-refractivity contribution in [3.05, 3.63) is 53.7 Å². The van der Waals surface area contributed by atoms with E-state index in [-0.39, 0.29) is 11.9 Å². The van der Waals surface area contributed by atoms with Crippen molar-refractivity contribution >= 4 is 17.2 Å². The minimum Gasteiger partial charge on any atom is -0.351 e. The molecule has 0 bridgehead atoms. The van der Waals surface area contributed by atoms with Gasteiger partial charge in [0.15, 0.2) is 0 Å². The van der Waals surface area contributed by atoms with Crippen LogP contribution in [-0.4, -0.2) is 41.5 Å². The number of benzene rings is 1. The lowest BCUT2D eigenvalue weighted by Crippen LogP contribution is -2.41. The SMILES string of the molecule is C=CCC(C)(C)C.CC(C)N.Cc1ncsc1-c1ccc(CNC(=O)C2CCCN2C)cc1. The first-order valence-corrected chi connectivity index (χ1v) is 12.7. The standard InChI is InChI=1S/C17H21N3OS.C7H14.C3H9N/c1-12-16(22-11-19-12)14-7-5-13(6-8-14)10-18-17(21)15-4-3-9-20(15)2;1-5-6-7(2,3)4;1-3(2)4/h5-8,11,15H,3-4,9-10H2,1-2H3,(H,18,21);5H,1,6H2,2-4H3;3H,4H2,1-2H3. The fourth-order valence-electron chi connectivity index (χ4n) is 3.33. The Morgan fingerprint density at radius 3 is 2.33 bits per heavy atom. The fraction of sp³-hybridized carbons (Fsp3) is 0.556. The van der Waals surface area contributed by atoms with Gasteiger partial charge in [-0.2, -0.15) is 0 Å². The number of aryl methyl sites for hydroxylation is 1. The molecular weight excluding hydrogens is 428 g/mol. The Bertz CT molecular complexity index is 834. The van der Waals surface area contributed by atoms with Crippen LogP contribution in [0, 0.1) is 12.3 Å². The Kier molecular flexibility index (Phi) is 12.6. The molecule has 0 saturated carbocycles. The van der Waals surface area contributed by atoms with E-state index in [2.05, 4.69) is 66.8 Å². The van der Waals surface area contributed by atoms with Gasteiger partial charge in [-0.1, -0.05) is 65.0 Å². The summed E-state index contributed by atoms with van der Waals surface area (Å²) in [4.78, 5) is 19.8. The van der Waals surface area contributed by atoms with Crippen molar-refractivity contribution in [2.45, 2.75) is 79.4 Å². The summed E-state index contributed by atoms with van der Waals surface area (Å²) in [6.45, 7) is 17.8. The van der Waals surface area contributed by atoms with Gasteiger partial charge in [0, 0.05) is 6.54 Å². The minimum atomic E-state index is 0.0408. The molecular formula is C27H44N4OS. The van der Waals surface area contributed by atoms with Gasteiger partial charge in [-0.3, -0.25) is 9.69 Å². The molecule has 1 saturated heterocycles. The average molecular weight is 473 g/mol. The number of nitrogens with one attached hydrogen (secondary N) is 1. The van der Waals surface area contributed by atoms with Gasteiger partial charge in [-0.25, -0.2) is 4.98 Å². The Labute approximate surface area is 205 Å². The number of nitrogens with zero attached hydrogens (tertiary/aromatic N) is 2. The normalized spacial score (nSPS) is 15.8. The van der Waals surface area contributed by atoms with E-state index in [1.54, 1.807) is 11.3 Å². The topological polar surface area (TPSA) is 71.2 Å². The maximum atomic E-state index is 12.2. The summed E-state index contributed by atoms with van der Waals surface area (Å²) in [5, 5.41) is 3.05. The molecule has 1 amide bonds. The number of allylic oxidation sites excluding steroid dienone is 1. The third-order valence-electron chi connectivity index (χ3n) is 5.01. The lowest BCUT2D eigenvalue weighted by Gasteiger charge is -2.18. The van der Waals surface area contributed by atoms with Crippen molar-refractivity contribution < 1.29 is 4.79 Å². The van der Waals surface area contributed by atoms with Crippen molar-refractivity contribution in [2.75, 3.05) is 13.6 Å². The van der Waals surface area contributed by atoms with Crippen LogP contribution in [0.1, 0.15) is 65.1 Å². The number of likely N-dealkylation sites (N-methyl/N-ethyl adjacent to an activating group) is 1. The first kappa shape index (κ1) is 29.0. The number of nitrogens with two attached hydrogens (primary N) is 1. The van der Waals surface area contributed by atoms with E-state index in [1.807, 2.05) is 39.4 Å². The molecule has 2 aromatic rings. The molecule has 3 N–H and O–H groups in total. The van der Waals surface area contributed by atoms with Gasteiger partial charge in [0.25, 0.3) is 0 Å². The highest BCUT2D eigenvalue weighted by molar-refractivity contribution is 7.13. The molecule has 1 unspecified atom stereocenters. The number of hydrogen-bond acceptors (Lipinski definition) is 5. The van der Waals surface area contributed by atoms with E-state index in [1.165, 1.54) is 10.4 Å². The Morgan fingerprint density at radius 1 is 1.33 bits per heavy atom. The number of likely N-dealkylation sites (tertiary alicyclic amines) is 1. The fourth-order valence-corrected chi connectivity index (χ4v) is 4.15. The van der Waals surface area contributed by atoms with Crippen LogP contribution in [-0.2, 0) is 11.3 Å². The number of rotatable bonds is 5. The number of thiazole rings is 1. The van der Waals surface area contributed by atoms with Crippen LogP contribution in [0.25, 0.3) is 10.4 Å². The number of hydrogen-bond donors (Lipinski definition) is 2. The highest BCUT2D eigenvalue weighted by Gasteiger charge is 2.27. The summed E-state index contributed by atoms with van der Waals surface area (Å²) in [7, 11) is 2.02. The van der Waals surface area contributed by atoms with Crippen LogP contribution in [0.3, 0.4) is 0 Å². The summed E-state index contributed by atoms with van der Waals surface area (Å²) >= 11 is 1.66. The van der Waals surface area contributed by atoms with E-state index in [0.29, 0.717) is 18.0 Å². The number of carbonyl (C=O) groups excluding carboxylic acids is 1. The minimum absolute atomic E-state index is 0.0408. The highest BCUT2D eigenvalue weighted by Crippen LogP contribution is 2.27. The number of carbonyl (C=O) groups is 1. The molecule has 6 heteroatoms. The second kappa shape index (κ2) is 14.3. The summed E-state index contributed by atoms with van der Waals surface area (Å²) in [6.07, 6.45) is 5.14. The molecule has 1 aromatic carbocycles. The molecule has 1 atom stereocenters. The molecule has 184 valence electrons. The van der Waals surface area contributed by atoms with Crippen molar-refractivity contribution in [1.29, 1.82) is 0 Å². The van der Waals surface area contributed by atoms with Gasteiger partial charge in [-0.15, -0.1) is 17.9 Å². The van der Waals surface area contributed by atoms with Crippen molar-refractivity contribution in [3.63, 3.8) is 0 Å². The largest absolute Gasteiger partial charge is 0.351 e. The second-order valence-corrected chi connectivity index (χ2v) is 11.0. The summed E-state index contributed by atoms with van der Waals surface area (Å²) in [6, 6.07) is 8.73. The molecule has 0 radical (unpaired) electrons. The molecule has 1 aromatic heterocycles. The maximum Gasteiger partial charge on any atom is 0.237 e. The average Bonchev–Trinajstić information content (AvgIpc) is 3.34. The van der Waals surface area contributed by atoms with Crippen molar-refractivity contribution in [1.82, 2.24) is 15.2 Å². The molecule has 33 heavy (non-hydrogen) atoms. The lowest BCUT2D eigenvalue weighted by molar-refractivity contribution is -0.125. The van der Waals surface area contributed by atoms with Crippen LogP contribution in [0.2, 0.25) is 0 Å². The van der Waals surface area contributed by atoms with E-state index in [4.69, 9.17) is 5.73 Å². The molecule has 0 aliphatic carbocycles. The predicted molar refractivity (Wildman–Crippen MR) is 143 cm³/mol. The van der Waals surface area contributed by atoms with Crippen LogP contribution in [0.4, 0.5) is 0 Å². The van der Waals surface area contributed by atoms with E-state index in [0.717, 1.165) is 37.1 Å². The predicted octanol–water partition coefficient (Wildman–Crippen LogP) is 5.79. The molecule has 1 aliphatic rings. The van der Waals surface area contributed by atoms with Crippen LogP contribution >= 0.6 is 11.3 Å². The first-order valence-electron chi connectivity index (χ1n) is 11.8. The Balaban J connectivity index is 0.000000415. The number of aromatic nitrogens is 1. The molecule has 2 heterocycles.